The number of pyridine rings is 3. The van der Waals surface area contributed by atoms with Crippen molar-refractivity contribution in [2.75, 3.05) is 7.11 Å². The molecule has 0 spiro atoms. The molecule has 0 radical (unpaired) electrons. The highest BCUT2D eigenvalue weighted by atomic mass is 16.5. The largest absolute Gasteiger partial charge is 0.481 e. The van der Waals surface area contributed by atoms with Gasteiger partial charge in [-0.05, 0) is 12.1 Å². The Labute approximate surface area is 146 Å². The molecule has 0 saturated heterocycles. The van der Waals surface area contributed by atoms with Gasteiger partial charge in [0.05, 0.1) is 42.3 Å². The van der Waals surface area contributed by atoms with Crippen molar-refractivity contribution in [3.63, 3.8) is 0 Å². The number of ether oxygens (including phenoxy) is 2. The van der Waals surface area contributed by atoms with E-state index in [0.717, 1.165) is 10.9 Å². The number of esters is 1. The van der Waals surface area contributed by atoms with Crippen LogP contribution in [0.25, 0.3) is 22.3 Å². The maximum Gasteiger partial charge on any atom is 0.340 e. The van der Waals surface area contributed by atoms with Crippen molar-refractivity contribution in [1.82, 2.24) is 14.5 Å². The van der Waals surface area contributed by atoms with E-state index >= 15 is 0 Å². The molecule has 1 N–H and O–H groups in total. The molecule has 26 heavy (non-hydrogen) atoms. The standard InChI is InChI=1S/C18H13N3O5/c1-25-14-3-8-2-9-6-21-13(15(9)20-12(8)5-19-14)4-10-11(17(21)23)7-26-18(24)16(10)22/h2-5,16,22H,6-7H2,1H3. The van der Waals surface area contributed by atoms with Gasteiger partial charge < -0.3 is 19.1 Å². The van der Waals surface area contributed by atoms with Crippen molar-refractivity contribution in [3.05, 3.63) is 51.4 Å². The van der Waals surface area contributed by atoms with E-state index < -0.39 is 12.1 Å². The average molecular weight is 351 g/mol. The number of rotatable bonds is 1. The van der Waals surface area contributed by atoms with Crippen LogP contribution in [0.5, 0.6) is 5.88 Å². The summed E-state index contributed by atoms with van der Waals surface area (Å²) in [5.41, 5.74) is 3.10. The van der Waals surface area contributed by atoms with Gasteiger partial charge in [-0.3, -0.25) is 4.79 Å². The summed E-state index contributed by atoms with van der Waals surface area (Å²) in [5.74, 6) is -0.260. The number of fused-ring (bicyclic) bond motifs is 5. The Kier molecular flexibility index (Phi) is 2.96. The second-order valence-corrected chi connectivity index (χ2v) is 6.28. The topological polar surface area (TPSA) is 104 Å². The fourth-order valence-corrected chi connectivity index (χ4v) is 3.52. The molecule has 0 aliphatic carbocycles. The first-order valence-corrected chi connectivity index (χ1v) is 8.02. The van der Waals surface area contributed by atoms with Crippen LogP contribution in [-0.4, -0.2) is 32.7 Å². The van der Waals surface area contributed by atoms with E-state index in [-0.39, 0.29) is 12.2 Å². The molecule has 1 atom stereocenters. The second kappa shape index (κ2) is 5.12. The molecule has 8 heteroatoms. The van der Waals surface area contributed by atoms with E-state index in [1.807, 2.05) is 6.07 Å². The third kappa shape index (κ3) is 1.93. The van der Waals surface area contributed by atoms with E-state index in [1.165, 1.54) is 0 Å². The molecule has 130 valence electrons. The van der Waals surface area contributed by atoms with E-state index in [4.69, 9.17) is 9.47 Å². The minimum Gasteiger partial charge on any atom is -0.481 e. The number of hydrogen-bond donors (Lipinski definition) is 1. The van der Waals surface area contributed by atoms with Gasteiger partial charge in [-0.2, -0.15) is 0 Å². The van der Waals surface area contributed by atoms with Gasteiger partial charge in [-0.15, -0.1) is 0 Å². The van der Waals surface area contributed by atoms with Crippen LogP contribution in [0.3, 0.4) is 0 Å². The predicted molar refractivity (Wildman–Crippen MR) is 89.6 cm³/mol. The van der Waals surface area contributed by atoms with Crippen molar-refractivity contribution < 1.29 is 19.4 Å². The lowest BCUT2D eigenvalue weighted by Crippen LogP contribution is -2.32. The van der Waals surface area contributed by atoms with Crippen LogP contribution in [0.15, 0.2) is 29.2 Å². The lowest BCUT2D eigenvalue weighted by atomic mass is 10.0. The smallest absolute Gasteiger partial charge is 0.340 e. The molecule has 1 unspecified atom stereocenters. The highest BCUT2D eigenvalue weighted by Crippen LogP contribution is 2.35. The molecule has 2 aliphatic rings. The summed E-state index contributed by atoms with van der Waals surface area (Å²) in [4.78, 5) is 33.2. The van der Waals surface area contributed by atoms with Gasteiger partial charge in [-0.25, -0.2) is 14.8 Å². The lowest BCUT2D eigenvalue weighted by Gasteiger charge is -2.21. The fraction of sp³-hybridized carbons (Fsp3) is 0.222. The zero-order valence-electron chi connectivity index (χ0n) is 13.7. The van der Waals surface area contributed by atoms with Crippen molar-refractivity contribution in [1.29, 1.82) is 0 Å². The molecule has 2 aliphatic heterocycles. The number of methoxy groups -OCH3 is 1. The van der Waals surface area contributed by atoms with Crippen molar-refractivity contribution in [2.24, 2.45) is 0 Å². The summed E-state index contributed by atoms with van der Waals surface area (Å²) in [6, 6.07) is 5.39. The SMILES string of the molecule is COc1cc2cc3c(nc2cn1)-c1cc2c(c(=O)n1C3)COC(=O)C2O. The van der Waals surface area contributed by atoms with Crippen LogP contribution in [-0.2, 0) is 22.7 Å². The molecular weight excluding hydrogens is 338 g/mol. The van der Waals surface area contributed by atoms with Crippen LogP contribution >= 0.6 is 0 Å². The summed E-state index contributed by atoms with van der Waals surface area (Å²) in [6.45, 7) is 0.242. The van der Waals surface area contributed by atoms with Crippen LogP contribution < -0.4 is 10.3 Å². The van der Waals surface area contributed by atoms with E-state index in [2.05, 4.69) is 9.97 Å². The van der Waals surface area contributed by atoms with Crippen LogP contribution in [0.2, 0.25) is 0 Å². The van der Waals surface area contributed by atoms with Gasteiger partial charge in [0.25, 0.3) is 5.56 Å². The molecule has 0 fully saturated rings. The number of cyclic esters (lactones) is 1. The first-order valence-electron chi connectivity index (χ1n) is 8.02. The zero-order valence-corrected chi connectivity index (χ0v) is 13.7. The Hall–Kier alpha value is -3.26. The summed E-state index contributed by atoms with van der Waals surface area (Å²) in [6.07, 6.45) is 0.160. The molecule has 5 heterocycles. The zero-order chi connectivity index (χ0) is 18.0. The van der Waals surface area contributed by atoms with Gasteiger partial charge in [0, 0.05) is 22.6 Å². The second-order valence-electron chi connectivity index (χ2n) is 6.28. The Bertz CT molecular complexity index is 1170. The lowest BCUT2D eigenvalue weighted by molar-refractivity contribution is -0.157. The summed E-state index contributed by atoms with van der Waals surface area (Å²) in [7, 11) is 1.55. The molecule has 0 amide bonds. The third-order valence-electron chi connectivity index (χ3n) is 4.85. The first-order chi connectivity index (χ1) is 12.6. The van der Waals surface area contributed by atoms with Gasteiger partial charge in [-0.1, -0.05) is 0 Å². The maximum atomic E-state index is 12.8. The minimum absolute atomic E-state index is 0.128. The molecular formula is C18H13N3O5. The monoisotopic (exact) mass is 351 g/mol. The van der Waals surface area contributed by atoms with E-state index in [9.17, 15) is 14.7 Å². The molecule has 0 bridgehead atoms. The molecule has 8 nitrogen and oxygen atoms in total. The number of carbonyl (C=O) groups is 1. The summed E-state index contributed by atoms with van der Waals surface area (Å²) < 4.78 is 11.6. The van der Waals surface area contributed by atoms with Gasteiger partial charge in [0.15, 0.2) is 6.10 Å². The number of aliphatic hydroxyl groups is 1. The quantitative estimate of drug-likeness (QED) is 0.509. The van der Waals surface area contributed by atoms with Crippen LogP contribution in [0.4, 0.5) is 0 Å². The molecule has 3 aromatic rings. The first kappa shape index (κ1) is 15.0. The fourth-order valence-electron chi connectivity index (χ4n) is 3.52. The molecule has 0 saturated carbocycles. The van der Waals surface area contributed by atoms with Gasteiger partial charge in [0.1, 0.15) is 6.61 Å². The maximum absolute atomic E-state index is 12.8. The Morgan fingerprint density at radius 2 is 2.15 bits per heavy atom. The molecule has 0 aromatic carbocycles. The predicted octanol–water partition coefficient (Wildman–Crippen LogP) is 0.919. The average Bonchev–Trinajstić information content (AvgIpc) is 3.01. The Balaban J connectivity index is 1.75. The normalized spacial score (nSPS) is 17.5. The summed E-state index contributed by atoms with van der Waals surface area (Å²) >= 11 is 0. The number of carbonyl (C=O) groups excluding carboxylic acids is 1. The minimum atomic E-state index is -1.45. The number of hydrogen-bond acceptors (Lipinski definition) is 7. The van der Waals surface area contributed by atoms with Gasteiger partial charge >= 0.3 is 5.97 Å². The summed E-state index contributed by atoms with van der Waals surface area (Å²) in [5, 5.41) is 11.0. The highest BCUT2D eigenvalue weighted by molar-refractivity contribution is 5.85. The van der Waals surface area contributed by atoms with Gasteiger partial charge in [0.2, 0.25) is 5.88 Å². The molecule has 5 rings (SSSR count). The number of aliphatic hydroxyl groups excluding tert-OH is 1. The van der Waals surface area contributed by atoms with Crippen LogP contribution in [0.1, 0.15) is 22.8 Å². The van der Waals surface area contributed by atoms with Crippen molar-refractivity contribution >= 4 is 16.9 Å². The Morgan fingerprint density at radius 3 is 2.96 bits per heavy atom. The molecule has 3 aromatic heterocycles. The Morgan fingerprint density at radius 1 is 1.31 bits per heavy atom. The van der Waals surface area contributed by atoms with E-state index in [0.29, 0.717) is 40.5 Å². The third-order valence-corrected chi connectivity index (χ3v) is 4.85. The number of nitrogens with zero attached hydrogens (tertiary/aromatic N) is 3. The van der Waals surface area contributed by atoms with Crippen LogP contribution in [0, 0.1) is 0 Å². The highest BCUT2D eigenvalue weighted by Gasteiger charge is 2.33. The van der Waals surface area contributed by atoms with Crippen molar-refractivity contribution in [2.45, 2.75) is 19.3 Å². The van der Waals surface area contributed by atoms with Crippen molar-refractivity contribution in [3.8, 4) is 17.3 Å². The van der Waals surface area contributed by atoms with E-state index in [1.54, 1.807) is 30.0 Å². The number of aromatic nitrogens is 3.